The number of fused-ring (bicyclic) bond motifs is 1. The van der Waals surface area contributed by atoms with E-state index in [-0.39, 0.29) is 0 Å². The van der Waals surface area contributed by atoms with Crippen molar-refractivity contribution >= 4 is 5.69 Å². The second-order valence-electron chi connectivity index (χ2n) is 5.31. The van der Waals surface area contributed by atoms with Crippen molar-refractivity contribution < 1.29 is 0 Å². The number of anilines is 1. The average Bonchev–Trinajstić information content (AvgIpc) is 2.28. The predicted molar refractivity (Wildman–Crippen MR) is 75.1 cm³/mol. The minimum Gasteiger partial charge on any atom is -0.374 e. The molecule has 2 rings (SSSR count). The molecule has 1 aromatic carbocycles. The summed E-state index contributed by atoms with van der Waals surface area (Å²) >= 11 is 0. The van der Waals surface area contributed by atoms with E-state index < -0.39 is 0 Å². The number of hydrogen-bond donors (Lipinski definition) is 1. The third-order valence-corrected chi connectivity index (χ3v) is 3.88. The molecule has 1 unspecified atom stereocenters. The van der Waals surface area contributed by atoms with Gasteiger partial charge in [0, 0.05) is 19.3 Å². The maximum Gasteiger partial charge on any atom is 0.0404 e. The number of nitrogens with zero attached hydrogens (tertiary/aromatic N) is 1. The van der Waals surface area contributed by atoms with E-state index in [4.69, 9.17) is 0 Å². The van der Waals surface area contributed by atoms with Gasteiger partial charge in [-0.3, -0.25) is 0 Å². The third-order valence-electron chi connectivity index (χ3n) is 3.88. The van der Waals surface area contributed by atoms with Gasteiger partial charge < -0.3 is 10.2 Å². The Balaban J connectivity index is 2.37. The monoisotopic (exact) mass is 232 g/mol. The Labute approximate surface area is 105 Å². The van der Waals surface area contributed by atoms with Gasteiger partial charge in [-0.1, -0.05) is 6.07 Å². The molecule has 1 atom stereocenters. The summed E-state index contributed by atoms with van der Waals surface area (Å²) in [5.41, 5.74) is 5.88. The molecule has 0 radical (unpaired) electrons. The summed E-state index contributed by atoms with van der Waals surface area (Å²) < 4.78 is 0. The van der Waals surface area contributed by atoms with E-state index in [9.17, 15) is 0 Å². The van der Waals surface area contributed by atoms with Crippen LogP contribution in [0, 0.1) is 13.8 Å². The summed E-state index contributed by atoms with van der Waals surface area (Å²) in [5, 5.41) is 3.27. The van der Waals surface area contributed by atoms with Crippen LogP contribution in [-0.2, 0) is 0 Å². The van der Waals surface area contributed by atoms with E-state index in [1.165, 1.54) is 36.2 Å². The van der Waals surface area contributed by atoms with E-state index in [1.807, 2.05) is 7.05 Å². The predicted octanol–water partition coefficient (Wildman–Crippen LogP) is 2.84. The summed E-state index contributed by atoms with van der Waals surface area (Å²) in [7, 11) is 4.25. The SMILES string of the molecule is CNCCC1CCN(C)c2cc(C)cc(C)c21. The van der Waals surface area contributed by atoms with Gasteiger partial charge in [0.15, 0.2) is 0 Å². The van der Waals surface area contributed by atoms with Crippen molar-refractivity contribution in [3.05, 3.63) is 28.8 Å². The van der Waals surface area contributed by atoms with Crippen molar-refractivity contribution in [3.63, 3.8) is 0 Å². The van der Waals surface area contributed by atoms with E-state index >= 15 is 0 Å². The van der Waals surface area contributed by atoms with Gasteiger partial charge in [0.2, 0.25) is 0 Å². The summed E-state index contributed by atoms with van der Waals surface area (Å²) in [4.78, 5) is 2.41. The number of rotatable bonds is 3. The summed E-state index contributed by atoms with van der Waals surface area (Å²) in [6.45, 7) is 6.75. The lowest BCUT2D eigenvalue weighted by Gasteiger charge is -2.35. The van der Waals surface area contributed by atoms with Gasteiger partial charge in [-0.05, 0) is 69.0 Å². The fraction of sp³-hybridized carbons (Fsp3) is 0.600. The van der Waals surface area contributed by atoms with Gasteiger partial charge in [-0.2, -0.15) is 0 Å². The zero-order chi connectivity index (χ0) is 12.4. The fourth-order valence-electron chi connectivity index (χ4n) is 3.02. The molecule has 2 heteroatoms. The molecule has 0 bridgehead atoms. The standard InChI is InChI=1S/C15H24N2/c1-11-9-12(2)15-13(5-7-16-3)6-8-17(4)14(15)10-11/h9-10,13,16H,5-8H2,1-4H3. The van der Waals surface area contributed by atoms with Gasteiger partial charge in [-0.25, -0.2) is 0 Å². The first-order valence-electron chi connectivity index (χ1n) is 6.60. The molecular formula is C15H24N2. The van der Waals surface area contributed by atoms with Crippen molar-refractivity contribution in [1.29, 1.82) is 0 Å². The molecule has 1 aromatic rings. The topological polar surface area (TPSA) is 15.3 Å². The lowest BCUT2D eigenvalue weighted by molar-refractivity contribution is 0.536. The molecule has 0 saturated carbocycles. The molecule has 1 aliphatic rings. The Morgan fingerprint density at radius 2 is 2.12 bits per heavy atom. The zero-order valence-electron chi connectivity index (χ0n) is 11.5. The number of nitrogens with one attached hydrogen (secondary N) is 1. The molecule has 17 heavy (non-hydrogen) atoms. The first-order valence-corrected chi connectivity index (χ1v) is 6.60. The van der Waals surface area contributed by atoms with Gasteiger partial charge in [-0.15, -0.1) is 0 Å². The average molecular weight is 232 g/mol. The number of aryl methyl sites for hydroxylation is 2. The molecule has 0 amide bonds. The van der Waals surface area contributed by atoms with Crippen LogP contribution in [0.2, 0.25) is 0 Å². The molecule has 2 nitrogen and oxygen atoms in total. The van der Waals surface area contributed by atoms with Crippen molar-refractivity contribution in [2.24, 2.45) is 0 Å². The molecule has 1 aliphatic heterocycles. The van der Waals surface area contributed by atoms with Crippen LogP contribution in [0.3, 0.4) is 0 Å². The number of hydrogen-bond acceptors (Lipinski definition) is 2. The fourth-order valence-corrected chi connectivity index (χ4v) is 3.02. The summed E-state index contributed by atoms with van der Waals surface area (Å²) in [6, 6.07) is 4.66. The Kier molecular flexibility index (Phi) is 3.72. The second-order valence-corrected chi connectivity index (χ2v) is 5.31. The highest BCUT2D eigenvalue weighted by Crippen LogP contribution is 2.39. The van der Waals surface area contributed by atoms with Crippen molar-refractivity contribution in [2.45, 2.75) is 32.6 Å². The van der Waals surface area contributed by atoms with Crippen LogP contribution >= 0.6 is 0 Å². The Morgan fingerprint density at radius 1 is 1.35 bits per heavy atom. The minimum atomic E-state index is 0.731. The van der Waals surface area contributed by atoms with E-state index in [2.05, 4.69) is 43.2 Å². The maximum atomic E-state index is 3.27. The van der Waals surface area contributed by atoms with Gasteiger partial charge in [0.1, 0.15) is 0 Å². The van der Waals surface area contributed by atoms with E-state index in [0.717, 1.165) is 12.5 Å². The lowest BCUT2D eigenvalue weighted by atomic mass is 9.84. The quantitative estimate of drug-likeness (QED) is 0.862. The molecule has 0 saturated heterocycles. The summed E-state index contributed by atoms with van der Waals surface area (Å²) in [6.07, 6.45) is 2.54. The Morgan fingerprint density at radius 3 is 2.82 bits per heavy atom. The molecule has 1 N–H and O–H groups in total. The molecular weight excluding hydrogens is 208 g/mol. The third kappa shape index (κ3) is 2.47. The van der Waals surface area contributed by atoms with Crippen LogP contribution in [-0.4, -0.2) is 27.2 Å². The second kappa shape index (κ2) is 5.09. The molecule has 1 heterocycles. The van der Waals surface area contributed by atoms with Crippen LogP contribution < -0.4 is 10.2 Å². The van der Waals surface area contributed by atoms with Crippen LogP contribution in [0.25, 0.3) is 0 Å². The minimum absolute atomic E-state index is 0.731. The lowest BCUT2D eigenvalue weighted by Crippen LogP contribution is -2.29. The normalized spacial score (nSPS) is 19.3. The summed E-state index contributed by atoms with van der Waals surface area (Å²) in [5.74, 6) is 0.731. The van der Waals surface area contributed by atoms with Crippen molar-refractivity contribution in [3.8, 4) is 0 Å². The molecule has 0 aromatic heterocycles. The first-order chi connectivity index (χ1) is 8.13. The van der Waals surface area contributed by atoms with Crippen molar-refractivity contribution in [2.75, 3.05) is 32.1 Å². The van der Waals surface area contributed by atoms with E-state index in [1.54, 1.807) is 5.56 Å². The van der Waals surface area contributed by atoms with Crippen LogP contribution in [0.15, 0.2) is 12.1 Å². The first kappa shape index (κ1) is 12.4. The molecule has 0 aliphatic carbocycles. The Hall–Kier alpha value is -1.02. The zero-order valence-corrected chi connectivity index (χ0v) is 11.5. The van der Waals surface area contributed by atoms with E-state index in [0.29, 0.717) is 0 Å². The Bertz CT molecular complexity index is 398. The van der Waals surface area contributed by atoms with Crippen LogP contribution in [0.1, 0.15) is 35.4 Å². The largest absolute Gasteiger partial charge is 0.374 e. The molecule has 0 fully saturated rings. The molecule has 0 spiro atoms. The van der Waals surface area contributed by atoms with Gasteiger partial charge in [0.05, 0.1) is 0 Å². The highest BCUT2D eigenvalue weighted by Gasteiger charge is 2.24. The van der Waals surface area contributed by atoms with Gasteiger partial charge in [0.25, 0.3) is 0 Å². The highest BCUT2D eigenvalue weighted by atomic mass is 15.1. The van der Waals surface area contributed by atoms with Crippen LogP contribution in [0.4, 0.5) is 5.69 Å². The highest BCUT2D eigenvalue weighted by molar-refractivity contribution is 5.61. The van der Waals surface area contributed by atoms with Crippen molar-refractivity contribution in [1.82, 2.24) is 5.32 Å². The van der Waals surface area contributed by atoms with Gasteiger partial charge >= 0.3 is 0 Å². The molecule has 94 valence electrons. The maximum absolute atomic E-state index is 3.27. The smallest absolute Gasteiger partial charge is 0.0404 e. The number of benzene rings is 1. The van der Waals surface area contributed by atoms with Crippen LogP contribution in [0.5, 0.6) is 0 Å².